The Kier molecular flexibility index (Phi) is 6.51. The molecule has 2 nitrogen and oxygen atoms in total. The monoisotopic (exact) mass is 226 g/mol. The zero-order valence-electron chi connectivity index (χ0n) is 10.8. The van der Waals surface area contributed by atoms with E-state index in [2.05, 4.69) is 13.8 Å². The number of hydrogen-bond donors (Lipinski definition) is 0. The van der Waals surface area contributed by atoms with Crippen molar-refractivity contribution in [2.24, 2.45) is 11.8 Å². The van der Waals surface area contributed by atoms with Crippen LogP contribution in [0.15, 0.2) is 0 Å². The third-order valence-corrected chi connectivity index (χ3v) is 3.69. The molecule has 1 fully saturated rings. The molecule has 0 bridgehead atoms. The summed E-state index contributed by atoms with van der Waals surface area (Å²) in [4.78, 5) is 11.7. The van der Waals surface area contributed by atoms with Crippen molar-refractivity contribution in [3.63, 3.8) is 0 Å². The van der Waals surface area contributed by atoms with Gasteiger partial charge in [0, 0.05) is 0 Å². The minimum atomic E-state index is 0.0625. The van der Waals surface area contributed by atoms with Crippen LogP contribution < -0.4 is 0 Å². The normalized spacial score (nSPS) is 18.6. The molecule has 0 amide bonds. The number of ether oxygens (including phenoxy) is 1. The largest absolute Gasteiger partial charge is 0.465 e. The molecule has 1 aliphatic carbocycles. The average Bonchev–Trinajstić information content (AvgIpc) is 2.82. The van der Waals surface area contributed by atoms with Crippen molar-refractivity contribution < 1.29 is 9.53 Å². The molecule has 0 N–H and O–H groups in total. The number of rotatable bonds is 7. The Morgan fingerprint density at radius 2 is 2.00 bits per heavy atom. The Balaban J connectivity index is 2.17. The van der Waals surface area contributed by atoms with E-state index in [0.29, 0.717) is 12.5 Å². The topological polar surface area (TPSA) is 26.3 Å². The zero-order chi connectivity index (χ0) is 11.8. The number of carbonyl (C=O) groups excluding carboxylic acids is 1. The lowest BCUT2D eigenvalue weighted by atomic mass is 10.0. The Hall–Kier alpha value is -0.530. The van der Waals surface area contributed by atoms with Crippen LogP contribution in [0, 0.1) is 11.8 Å². The lowest BCUT2D eigenvalue weighted by molar-refractivity contribution is -0.149. The van der Waals surface area contributed by atoms with E-state index >= 15 is 0 Å². The van der Waals surface area contributed by atoms with Gasteiger partial charge in [0.05, 0.1) is 12.5 Å². The SMILES string of the molecule is CCCCC(CC)COC(=O)C1CCCC1. The number of carbonyl (C=O) groups is 1. The highest BCUT2D eigenvalue weighted by Gasteiger charge is 2.24. The van der Waals surface area contributed by atoms with Gasteiger partial charge in [0.1, 0.15) is 0 Å². The first-order valence-electron chi connectivity index (χ1n) is 6.94. The molecule has 94 valence electrons. The van der Waals surface area contributed by atoms with E-state index in [1.165, 1.54) is 32.1 Å². The van der Waals surface area contributed by atoms with Gasteiger partial charge in [-0.25, -0.2) is 0 Å². The van der Waals surface area contributed by atoms with Gasteiger partial charge in [0.2, 0.25) is 0 Å². The quantitative estimate of drug-likeness (QED) is 0.615. The molecule has 0 heterocycles. The second-order valence-electron chi connectivity index (χ2n) is 5.03. The molecule has 0 spiro atoms. The van der Waals surface area contributed by atoms with Crippen LogP contribution in [-0.4, -0.2) is 12.6 Å². The fraction of sp³-hybridized carbons (Fsp3) is 0.929. The maximum absolute atomic E-state index is 11.7. The van der Waals surface area contributed by atoms with Gasteiger partial charge >= 0.3 is 5.97 Å². The maximum Gasteiger partial charge on any atom is 0.308 e. The van der Waals surface area contributed by atoms with Crippen LogP contribution in [0.1, 0.15) is 65.2 Å². The van der Waals surface area contributed by atoms with Gasteiger partial charge in [0.25, 0.3) is 0 Å². The maximum atomic E-state index is 11.7. The summed E-state index contributed by atoms with van der Waals surface area (Å²) in [7, 11) is 0. The highest BCUT2D eigenvalue weighted by Crippen LogP contribution is 2.26. The summed E-state index contributed by atoms with van der Waals surface area (Å²) in [6, 6.07) is 0. The van der Waals surface area contributed by atoms with Crippen LogP contribution >= 0.6 is 0 Å². The smallest absolute Gasteiger partial charge is 0.308 e. The van der Waals surface area contributed by atoms with Crippen molar-refractivity contribution in [2.45, 2.75) is 65.2 Å². The van der Waals surface area contributed by atoms with Crippen LogP contribution in [0.25, 0.3) is 0 Å². The molecule has 0 aliphatic heterocycles. The molecule has 1 atom stereocenters. The molecule has 2 heteroatoms. The summed E-state index contributed by atoms with van der Waals surface area (Å²) in [5.74, 6) is 0.849. The Morgan fingerprint density at radius 3 is 2.56 bits per heavy atom. The van der Waals surface area contributed by atoms with Crippen LogP contribution in [0.3, 0.4) is 0 Å². The Bertz CT molecular complexity index is 195. The van der Waals surface area contributed by atoms with E-state index in [1.807, 2.05) is 0 Å². The molecule has 0 radical (unpaired) electrons. The van der Waals surface area contributed by atoms with Gasteiger partial charge in [0.15, 0.2) is 0 Å². The first-order valence-corrected chi connectivity index (χ1v) is 6.94. The van der Waals surface area contributed by atoms with Crippen LogP contribution in [0.2, 0.25) is 0 Å². The first kappa shape index (κ1) is 13.5. The molecular formula is C14H26O2. The number of esters is 1. The third kappa shape index (κ3) is 4.54. The van der Waals surface area contributed by atoms with E-state index in [9.17, 15) is 4.79 Å². The average molecular weight is 226 g/mol. The number of hydrogen-bond acceptors (Lipinski definition) is 2. The van der Waals surface area contributed by atoms with Gasteiger partial charge in [-0.05, 0) is 25.2 Å². The van der Waals surface area contributed by atoms with Gasteiger partial charge in [-0.1, -0.05) is 46.0 Å². The summed E-state index contributed by atoms with van der Waals surface area (Å²) in [5, 5.41) is 0. The van der Waals surface area contributed by atoms with Crippen LogP contribution in [-0.2, 0) is 9.53 Å². The Morgan fingerprint density at radius 1 is 1.31 bits per heavy atom. The lowest BCUT2D eigenvalue weighted by Gasteiger charge is -2.16. The molecule has 1 rings (SSSR count). The van der Waals surface area contributed by atoms with Crippen molar-refractivity contribution in [1.29, 1.82) is 0 Å². The van der Waals surface area contributed by atoms with Crippen LogP contribution in [0.4, 0.5) is 0 Å². The van der Waals surface area contributed by atoms with Crippen LogP contribution in [0.5, 0.6) is 0 Å². The summed E-state index contributed by atoms with van der Waals surface area (Å²) in [6.45, 7) is 5.03. The third-order valence-electron chi connectivity index (χ3n) is 3.69. The molecule has 1 unspecified atom stereocenters. The summed E-state index contributed by atoms with van der Waals surface area (Å²) < 4.78 is 5.44. The van der Waals surface area contributed by atoms with Crippen molar-refractivity contribution in [3.8, 4) is 0 Å². The highest BCUT2D eigenvalue weighted by atomic mass is 16.5. The molecule has 16 heavy (non-hydrogen) atoms. The van der Waals surface area contributed by atoms with Gasteiger partial charge in [-0.3, -0.25) is 4.79 Å². The minimum absolute atomic E-state index is 0.0625. The second kappa shape index (κ2) is 7.70. The van der Waals surface area contributed by atoms with E-state index in [-0.39, 0.29) is 11.9 Å². The Labute approximate surface area is 99.8 Å². The summed E-state index contributed by atoms with van der Waals surface area (Å²) in [5.41, 5.74) is 0. The molecule has 0 aromatic rings. The molecule has 0 aromatic heterocycles. The van der Waals surface area contributed by atoms with Gasteiger partial charge < -0.3 is 4.74 Å². The predicted molar refractivity (Wildman–Crippen MR) is 66.2 cm³/mol. The molecule has 0 aromatic carbocycles. The van der Waals surface area contributed by atoms with Crippen molar-refractivity contribution in [2.75, 3.05) is 6.61 Å². The molecule has 1 saturated carbocycles. The first-order chi connectivity index (χ1) is 7.77. The van der Waals surface area contributed by atoms with Crippen molar-refractivity contribution >= 4 is 5.97 Å². The van der Waals surface area contributed by atoms with E-state index in [4.69, 9.17) is 4.74 Å². The van der Waals surface area contributed by atoms with Crippen molar-refractivity contribution in [1.82, 2.24) is 0 Å². The fourth-order valence-corrected chi connectivity index (χ4v) is 2.38. The van der Waals surface area contributed by atoms with E-state index < -0.39 is 0 Å². The summed E-state index contributed by atoms with van der Waals surface area (Å²) in [6.07, 6.45) is 9.30. The van der Waals surface area contributed by atoms with E-state index in [0.717, 1.165) is 19.3 Å². The molecular weight excluding hydrogens is 200 g/mol. The zero-order valence-corrected chi connectivity index (χ0v) is 10.8. The summed E-state index contributed by atoms with van der Waals surface area (Å²) >= 11 is 0. The number of unbranched alkanes of at least 4 members (excludes halogenated alkanes) is 1. The van der Waals surface area contributed by atoms with E-state index in [1.54, 1.807) is 0 Å². The lowest BCUT2D eigenvalue weighted by Crippen LogP contribution is -2.19. The molecule has 1 aliphatic rings. The molecule has 0 saturated heterocycles. The predicted octanol–water partition coefficient (Wildman–Crippen LogP) is 3.94. The minimum Gasteiger partial charge on any atom is -0.465 e. The van der Waals surface area contributed by atoms with Gasteiger partial charge in [-0.2, -0.15) is 0 Å². The van der Waals surface area contributed by atoms with Crippen molar-refractivity contribution in [3.05, 3.63) is 0 Å². The standard InChI is InChI=1S/C14H26O2/c1-3-5-8-12(4-2)11-16-14(15)13-9-6-7-10-13/h12-13H,3-11H2,1-2H3. The highest BCUT2D eigenvalue weighted by molar-refractivity contribution is 5.72. The second-order valence-corrected chi connectivity index (χ2v) is 5.03. The van der Waals surface area contributed by atoms with Gasteiger partial charge in [-0.15, -0.1) is 0 Å². The fourth-order valence-electron chi connectivity index (χ4n) is 2.38.